The number of hydrogen-bond acceptors (Lipinski definition) is 6. The van der Waals surface area contributed by atoms with Crippen LogP contribution < -0.4 is 0 Å². The van der Waals surface area contributed by atoms with E-state index >= 15 is 0 Å². The number of quaternary nitrogens is 1. The third-order valence-electron chi connectivity index (χ3n) is 10.8. The summed E-state index contributed by atoms with van der Waals surface area (Å²) in [6, 6.07) is -0.614. The number of esters is 2. The first-order chi connectivity index (χ1) is 27.6. The zero-order chi connectivity index (χ0) is 42.1. The van der Waals surface area contributed by atoms with Gasteiger partial charge in [-0.3, -0.25) is 9.59 Å². The Kier molecular flexibility index (Phi) is 39.0. The lowest BCUT2D eigenvalue weighted by atomic mass is 10.0. The van der Waals surface area contributed by atoms with E-state index < -0.39 is 18.1 Å². The van der Waals surface area contributed by atoms with Crippen LogP contribution in [0.5, 0.6) is 0 Å². The molecule has 0 spiro atoms. The monoisotopic (exact) mass is 807 g/mol. The second-order valence-electron chi connectivity index (χ2n) is 17.4. The first-order valence-electron chi connectivity index (χ1n) is 23.9. The van der Waals surface area contributed by atoms with Crippen LogP contribution in [0.3, 0.4) is 0 Å². The van der Waals surface area contributed by atoms with E-state index in [-0.39, 0.29) is 36.2 Å². The molecule has 0 rings (SSSR count). The molecular formula is C49H92NO7+. The molecule has 0 radical (unpaired) electrons. The van der Waals surface area contributed by atoms with Gasteiger partial charge in [-0.15, -0.1) is 0 Å². The van der Waals surface area contributed by atoms with Crippen LogP contribution in [0.25, 0.3) is 0 Å². The highest BCUT2D eigenvalue weighted by atomic mass is 16.6. The van der Waals surface area contributed by atoms with Gasteiger partial charge in [0.2, 0.25) is 0 Å². The summed E-state index contributed by atoms with van der Waals surface area (Å²) in [5.41, 5.74) is 0. The SMILES string of the molecule is CCCC/C=C/CCCCCCCC(=O)OCC(COCCC(C(=O)O)[N+](C)(C)C)OC(=O)CCCCCCCCC/C=C/CCCCCCCCCCCCC. The Morgan fingerprint density at radius 3 is 1.32 bits per heavy atom. The summed E-state index contributed by atoms with van der Waals surface area (Å²) >= 11 is 0. The van der Waals surface area contributed by atoms with Gasteiger partial charge in [0.25, 0.3) is 0 Å². The number of carbonyl (C=O) groups is 3. The van der Waals surface area contributed by atoms with Gasteiger partial charge in [-0.2, -0.15) is 0 Å². The molecule has 57 heavy (non-hydrogen) atoms. The van der Waals surface area contributed by atoms with E-state index in [1.807, 2.05) is 21.1 Å². The number of ether oxygens (including phenoxy) is 3. The number of carbonyl (C=O) groups excluding carboxylic acids is 2. The molecule has 0 fully saturated rings. The van der Waals surface area contributed by atoms with Gasteiger partial charge in [-0.1, -0.05) is 167 Å². The predicted molar refractivity (Wildman–Crippen MR) is 238 cm³/mol. The van der Waals surface area contributed by atoms with Crippen molar-refractivity contribution in [3.63, 3.8) is 0 Å². The van der Waals surface area contributed by atoms with Gasteiger partial charge in [0.15, 0.2) is 12.1 Å². The van der Waals surface area contributed by atoms with Crippen LogP contribution in [-0.2, 0) is 28.6 Å². The van der Waals surface area contributed by atoms with E-state index in [2.05, 4.69) is 38.2 Å². The highest BCUT2D eigenvalue weighted by molar-refractivity contribution is 5.72. The predicted octanol–water partition coefficient (Wildman–Crippen LogP) is 13.3. The summed E-state index contributed by atoms with van der Waals surface area (Å²) in [7, 11) is 5.53. The number of rotatable bonds is 43. The normalized spacial score (nSPS) is 13.1. The van der Waals surface area contributed by atoms with Crippen LogP contribution in [0.1, 0.15) is 219 Å². The van der Waals surface area contributed by atoms with Gasteiger partial charge in [0.05, 0.1) is 34.4 Å². The molecule has 0 amide bonds. The van der Waals surface area contributed by atoms with E-state index in [9.17, 15) is 19.5 Å². The zero-order valence-electron chi connectivity index (χ0n) is 38.1. The zero-order valence-corrected chi connectivity index (χ0v) is 38.1. The van der Waals surface area contributed by atoms with Gasteiger partial charge in [0.1, 0.15) is 6.61 Å². The Morgan fingerprint density at radius 1 is 0.509 bits per heavy atom. The van der Waals surface area contributed by atoms with E-state index in [1.165, 1.54) is 135 Å². The fourth-order valence-corrected chi connectivity index (χ4v) is 7.07. The Hall–Kier alpha value is -2.19. The van der Waals surface area contributed by atoms with Gasteiger partial charge in [-0.25, -0.2) is 4.79 Å². The van der Waals surface area contributed by atoms with Crippen molar-refractivity contribution in [3.05, 3.63) is 24.3 Å². The molecule has 2 atom stereocenters. The van der Waals surface area contributed by atoms with Crippen molar-refractivity contribution in [2.45, 2.75) is 231 Å². The summed E-state index contributed by atoms with van der Waals surface area (Å²) in [5.74, 6) is -1.48. The number of hydrogen-bond donors (Lipinski definition) is 1. The van der Waals surface area contributed by atoms with Crippen molar-refractivity contribution in [2.75, 3.05) is 41.0 Å². The first-order valence-corrected chi connectivity index (χ1v) is 23.9. The van der Waals surface area contributed by atoms with Crippen LogP contribution in [0.15, 0.2) is 24.3 Å². The molecule has 0 heterocycles. The topological polar surface area (TPSA) is 99.1 Å². The van der Waals surface area contributed by atoms with Crippen molar-refractivity contribution < 1.29 is 38.2 Å². The third-order valence-corrected chi connectivity index (χ3v) is 10.8. The molecule has 334 valence electrons. The van der Waals surface area contributed by atoms with E-state index in [4.69, 9.17) is 14.2 Å². The molecule has 8 nitrogen and oxygen atoms in total. The third kappa shape index (κ3) is 39.1. The molecule has 0 bridgehead atoms. The molecular weight excluding hydrogens is 715 g/mol. The maximum atomic E-state index is 12.7. The second-order valence-corrected chi connectivity index (χ2v) is 17.4. The minimum absolute atomic E-state index is 0.0544. The van der Waals surface area contributed by atoms with E-state index in [1.54, 1.807) is 0 Å². The number of nitrogens with zero attached hydrogens (tertiary/aromatic N) is 1. The molecule has 1 N–H and O–H groups in total. The summed E-state index contributed by atoms with van der Waals surface area (Å²) in [4.78, 5) is 37.0. The Balaban J connectivity index is 4.22. The molecule has 0 aromatic rings. The van der Waals surface area contributed by atoms with E-state index in [0.29, 0.717) is 19.3 Å². The molecule has 2 unspecified atom stereocenters. The van der Waals surface area contributed by atoms with Crippen molar-refractivity contribution in [2.24, 2.45) is 0 Å². The summed E-state index contributed by atoms with van der Waals surface area (Å²) in [6.45, 7) is 4.71. The van der Waals surface area contributed by atoms with Gasteiger partial charge in [-0.05, 0) is 57.8 Å². The maximum Gasteiger partial charge on any atom is 0.362 e. The molecule has 0 aliphatic rings. The molecule has 0 aromatic carbocycles. The quantitative estimate of drug-likeness (QED) is 0.0283. The molecule has 0 saturated heterocycles. The maximum absolute atomic E-state index is 12.7. The smallest absolute Gasteiger partial charge is 0.362 e. The molecule has 0 aliphatic carbocycles. The summed E-state index contributed by atoms with van der Waals surface area (Å²) in [6.07, 6.45) is 45.1. The van der Waals surface area contributed by atoms with Crippen LogP contribution >= 0.6 is 0 Å². The van der Waals surface area contributed by atoms with Crippen molar-refractivity contribution in [1.82, 2.24) is 0 Å². The second kappa shape index (κ2) is 40.6. The number of likely N-dealkylation sites (N-methyl/N-ethyl adjacent to an activating group) is 1. The number of carboxylic acids is 1. The van der Waals surface area contributed by atoms with Gasteiger partial charge in [0, 0.05) is 19.3 Å². The fourth-order valence-electron chi connectivity index (χ4n) is 7.07. The summed E-state index contributed by atoms with van der Waals surface area (Å²) in [5, 5.41) is 9.62. The fraction of sp³-hybridized carbons (Fsp3) is 0.857. The molecule has 0 aliphatic heterocycles. The number of carboxylic acid groups (broad SMARTS) is 1. The van der Waals surface area contributed by atoms with Crippen LogP contribution in [-0.4, -0.2) is 80.6 Å². The molecule has 0 aromatic heterocycles. The average molecular weight is 807 g/mol. The van der Waals surface area contributed by atoms with Crippen LogP contribution in [0.2, 0.25) is 0 Å². The largest absolute Gasteiger partial charge is 0.477 e. The van der Waals surface area contributed by atoms with E-state index in [0.717, 1.165) is 51.4 Å². The van der Waals surface area contributed by atoms with Crippen molar-refractivity contribution in [1.29, 1.82) is 0 Å². The summed E-state index contributed by atoms with van der Waals surface area (Å²) < 4.78 is 17.3. The number of unbranched alkanes of at least 4 members (excludes halogenated alkanes) is 25. The number of aliphatic carboxylic acids is 1. The van der Waals surface area contributed by atoms with Crippen molar-refractivity contribution in [3.8, 4) is 0 Å². The number of allylic oxidation sites excluding steroid dienone is 4. The average Bonchev–Trinajstić information content (AvgIpc) is 3.17. The molecule has 0 saturated carbocycles. The Bertz CT molecular complexity index is 989. The standard InChI is InChI=1S/C49H91NO7/c1-6-8-10-12-14-16-18-19-20-21-22-23-24-25-26-27-28-30-32-34-36-38-40-48(52)57-45(43-55-42-41-46(49(53)54)50(3,4)5)44-56-47(51)39-37-35-33-31-29-17-15-13-11-9-7-2/h13,15,24-25,45-46H,6-12,14,16-23,26-44H2,1-5H3/p+1/b15-13+,25-24+. The van der Waals surface area contributed by atoms with Gasteiger partial charge < -0.3 is 23.8 Å². The first kappa shape index (κ1) is 54.8. The minimum Gasteiger partial charge on any atom is -0.477 e. The highest BCUT2D eigenvalue weighted by Crippen LogP contribution is 2.15. The lowest BCUT2D eigenvalue weighted by molar-refractivity contribution is -0.887. The Labute approximate surface area is 351 Å². The van der Waals surface area contributed by atoms with Crippen LogP contribution in [0.4, 0.5) is 0 Å². The molecule has 8 heteroatoms. The van der Waals surface area contributed by atoms with Gasteiger partial charge >= 0.3 is 17.9 Å². The minimum atomic E-state index is -0.875. The highest BCUT2D eigenvalue weighted by Gasteiger charge is 2.31. The Morgan fingerprint density at radius 2 is 0.895 bits per heavy atom. The lowest BCUT2D eigenvalue weighted by Gasteiger charge is -2.31. The van der Waals surface area contributed by atoms with Crippen LogP contribution in [0, 0.1) is 0 Å². The lowest BCUT2D eigenvalue weighted by Crippen LogP contribution is -2.50. The van der Waals surface area contributed by atoms with Crippen molar-refractivity contribution >= 4 is 17.9 Å².